The third-order valence-corrected chi connectivity index (χ3v) is 3.41. The van der Waals surface area contributed by atoms with Crippen molar-refractivity contribution in [2.24, 2.45) is 5.92 Å². The number of rotatable bonds is 5. The molecule has 86 valence electrons. The maximum atomic E-state index is 11.7. The van der Waals surface area contributed by atoms with Crippen LogP contribution in [0.3, 0.4) is 0 Å². The minimum absolute atomic E-state index is 0.0308. The molecular weight excluding hydrogens is 266 g/mol. The molecule has 0 atom stereocenters. The first-order valence-electron chi connectivity index (χ1n) is 5.79. The van der Waals surface area contributed by atoms with E-state index >= 15 is 0 Å². The van der Waals surface area contributed by atoms with Crippen LogP contribution in [0, 0.1) is 5.92 Å². The standard InChI is InChI=1S/C13H16BrNO/c14-12-7-5-11(6-8-12)13(16)15-9-1-2-10-3-4-10/h5-8,10H,1-4,9H2,(H,15,16). The molecule has 2 rings (SSSR count). The van der Waals surface area contributed by atoms with Crippen molar-refractivity contribution in [3.63, 3.8) is 0 Å². The van der Waals surface area contributed by atoms with Crippen molar-refractivity contribution in [2.75, 3.05) is 6.54 Å². The van der Waals surface area contributed by atoms with Gasteiger partial charge in [0.25, 0.3) is 5.91 Å². The molecule has 0 unspecified atom stereocenters. The highest BCUT2D eigenvalue weighted by molar-refractivity contribution is 9.10. The molecule has 1 amide bonds. The Bertz CT molecular complexity index is 357. The van der Waals surface area contributed by atoms with Crippen LogP contribution in [-0.2, 0) is 0 Å². The van der Waals surface area contributed by atoms with E-state index in [4.69, 9.17) is 0 Å². The first-order chi connectivity index (χ1) is 7.75. The summed E-state index contributed by atoms with van der Waals surface area (Å²) in [7, 11) is 0. The molecule has 1 fully saturated rings. The van der Waals surface area contributed by atoms with Crippen LogP contribution >= 0.6 is 15.9 Å². The Labute approximate surface area is 105 Å². The zero-order chi connectivity index (χ0) is 11.4. The fourth-order valence-electron chi connectivity index (χ4n) is 1.70. The second-order valence-electron chi connectivity index (χ2n) is 4.35. The van der Waals surface area contributed by atoms with E-state index < -0.39 is 0 Å². The van der Waals surface area contributed by atoms with Crippen LogP contribution in [0.15, 0.2) is 28.7 Å². The lowest BCUT2D eigenvalue weighted by atomic mass is 10.2. The lowest BCUT2D eigenvalue weighted by molar-refractivity contribution is 0.0953. The molecular formula is C13H16BrNO. The van der Waals surface area contributed by atoms with E-state index in [1.807, 2.05) is 24.3 Å². The molecule has 16 heavy (non-hydrogen) atoms. The number of carbonyl (C=O) groups excluding carboxylic acids is 1. The summed E-state index contributed by atoms with van der Waals surface area (Å²) >= 11 is 3.35. The number of hydrogen-bond donors (Lipinski definition) is 1. The molecule has 1 N–H and O–H groups in total. The van der Waals surface area contributed by atoms with Crippen LogP contribution in [-0.4, -0.2) is 12.5 Å². The van der Waals surface area contributed by atoms with Crippen LogP contribution < -0.4 is 5.32 Å². The third kappa shape index (κ3) is 3.63. The molecule has 0 aromatic heterocycles. The monoisotopic (exact) mass is 281 g/mol. The molecule has 1 aromatic carbocycles. The zero-order valence-electron chi connectivity index (χ0n) is 9.21. The van der Waals surface area contributed by atoms with Gasteiger partial charge >= 0.3 is 0 Å². The average Bonchev–Trinajstić information content (AvgIpc) is 3.09. The summed E-state index contributed by atoms with van der Waals surface area (Å²) in [6, 6.07) is 7.44. The van der Waals surface area contributed by atoms with Gasteiger partial charge in [-0.05, 0) is 43.0 Å². The first kappa shape index (κ1) is 11.6. The number of halogens is 1. The highest BCUT2D eigenvalue weighted by Gasteiger charge is 2.20. The van der Waals surface area contributed by atoms with E-state index in [-0.39, 0.29) is 5.91 Å². The quantitative estimate of drug-likeness (QED) is 0.824. The third-order valence-electron chi connectivity index (χ3n) is 2.88. The summed E-state index contributed by atoms with van der Waals surface area (Å²) in [6.45, 7) is 0.797. The summed E-state index contributed by atoms with van der Waals surface area (Å²) in [6.07, 6.45) is 5.15. The van der Waals surface area contributed by atoms with Gasteiger partial charge in [-0.25, -0.2) is 0 Å². The Kier molecular flexibility index (Phi) is 3.99. The van der Waals surface area contributed by atoms with Crippen molar-refractivity contribution < 1.29 is 4.79 Å². The molecule has 1 saturated carbocycles. The van der Waals surface area contributed by atoms with Crippen LogP contribution in [0.4, 0.5) is 0 Å². The van der Waals surface area contributed by atoms with Gasteiger partial charge in [0.05, 0.1) is 0 Å². The van der Waals surface area contributed by atoms with E-state index in [1.165, 1.54) is 19.3 Å². The summed E-state index contributed by atoms with van der Waals surface area (Å²) < 4.78 is 0.998. The van der Waals surface area contributed by atoms with Gasteiger partial charge in [0.1, 0.15) is 0 Å². The van der Waals surface area contributed by atoms with Gasteiger partial charge in [-0.2, -0.15) is 0 Å². The second-order valence-corrected chi connectivity index (χ2v) is 5.26. The number of hydrogen-bond acceptors (Lipinski definition) is 1. The lowest BCUT2D eigenvalue weighted by Gasteiger charge is -2.04. The molecule has 2 nitrogen and oxygen atoms in total. The molecule has 0 bridgehead atoms. The molecule has 3 heteroatoms. The van der Waals surface area contributed by atoms with E-state index in [2.05, 4.69) is 21.2 Å². The first-order valence-corrected chi connectivity index (χ1v) is 6.59. The van der Waals surface area contributed by atoms with Gasteiger partial charge in [-0.15, -0.1) is 0 Å². The van der Waals surface area contributed by atoms with Crippen molar-refractivity contribution in [3.05, 3.63) is 34.3 Å². The Balaban J connectivity index is 1.71. The summed E-state index contributed by atoms with van der Waals surface area (Å²) in [4.78, 5) is 11.7. The number of benzene rings is 1. The molecule has 0 aliphatic heterocycles. The Morgan fingerprint density at radius 2 is 2.00 bits per heavy atom. The van der Waals surface area contributed by atoms with Crippen molar-refractivity contribution in [3.8, 4) is 0 Å². The van der Waals surface area contributed by atoms with E-state index in [1.54, 1.807) is 0 Å². The highest BCUT2D eigenvalue weighted by atomic mass is 79.9. The summed E-state index contributed by atoms with van der Waals surface area (Å²) in [5, 5.41) is 2.95. The van der Waals surface area contributed by atoms with E-state index in [9.17, 15) is 4.79 Å². The molecule has 0 spiro atoms. The maximum absolute atomic E-state index is 11.7. The highest BCUT2D eigenvalue weighted by Crippen LogP contribution is 2.33. The fraction of sp³-hybridized carbons (Fsp3) is 0.462. The smallest absolute Gasteiger partial charge is 0.251 e. The molecule has 1 aliphatic carbocycles. The Morgan fingerprint density at radius 1 is 1.31 bits per heavy atom. The molecule has 0 saturated heterocycles. The average molecular weight is 282 g/mol. The van der Waals surface area contributed by atoms with Crippen molar-refractivity contribution >= 4 is 21.8 Å². The molecule has 1 aromatic rings. The molecule has 1 aliphatic rings. The number of amides is 1. The van der Waals surface area contributed by atoms with Crippen LogP contribution in [0.2, 0.25) is 0 Å². The molecule has 0 heterocycles. The number of nitrogens with one attached hydrogen (secondary N) is 1. The van der Waals surface area contributed by atoms with Gasteiger partial charge in [0.2, 0.25) is 0 Å². The van der Waals surface area contributed by atoms with Gasteiger partial charge in [0, 0.05) is 16.6 Å². The predicted molar refractivity (Wildman–Crippen MR) is 68.4 cm³/mol. The van der Waals surface area contributed by atoms with Gasteiger partial charge in [0.15, 0.2) is 0 Å². The van der Waals surface area contributed by atoms with Crippen molar-refractivity contribution in [1.29, 1.82) is 0 Å². The van der Waals surface area contributed by atoms with Gasteiger partial charge in [-0.3, -0.25) is 4.79 Å². The minimum Gasteiger partial charge on any atom is -0.352 e. The lowest BCUT2D eigenvalue weighted by Crippen LogP contribution is -2.24. The van der Waals surface area contributed by atoms with Gasteiger partial charge in [-0.1, -0.05) is 28.8 Å². The topological polar surface area (TPSA) is 29.1 Å². The van der Waals surface area contributed by atoms with Crippen LogP contribution in [0.1, 0.15) is 36.0 Å². The normalized spacial score (nSPS) is 14.8. The SMILES string of the molecule is O=C(NCCCC1CC1)c1ccc(Br)cc1. The Morgan fingerprint density at radius 3 is 2.62 bits per heavy atom. The maximum Gasteiger partial charge on any atom is 0.251 e. The van der Waals surface area contributed by atoms with E-state index in [0.29, 0.717) is 0 Å². The summed E-state index contributed by atoms with van der Waals surface area (Å²) in [5.41, 5.74) is 0.731. The zero-order valence-corrected chi connectivity index (χ0v) is 10.8. The number of carbonyl (C=O) groups is 1. The van der Waals surface area contributed by atoms with Crippen LogP contribution in [0.5, 0.6) is 0 Å². The van der Waals surface area contributed by atoms with E-state index in [0.717, 1.165) is 28.9 Å². The Hall–Kier alpha value is -0.830. The van der Waals surface area contributed by atoms with Crippen LogP contribution in [0.25, 0.3) is 0 Å². The van der Waals surface area contributed by atoms with Crippen molar-refractivity contribution in [2.45, 2.75) is 25.7 Å². The molecule has 0 radical (unpaired) electrons. The van der Waals surface area contributed by atoms with Gasteiger partial charge < -0.3 is 5.32 Å². The second kappa shape index (κ2) is 5.48. The fourth-order valence-corrected chi connectivity index (χ4v) is 1.97. The summed E-state index contributed by atoms with van der Waals surface area (Å²) in [5.74, 6) is 0.980. The van der Waals surface area contributed by atoms with Crippen molar-refractivity contribution in [1.82, 2.24) is 5.32 Å². The predicted octanol–water partition coefficient (Wildman–Crippen LogP) is 3.37. The largest absolute Gasteiger partial charge is 0.352 e. The minimum atomic E-state index is 0.0308.